The topological polar surface area (TPSA) is 59.1 Å². The molecule has 0 saturated carbocycles. The van der Waals surface area contributed by atoms with Gasteiger partial charge in [-0.25, -0.2) is 4.98 Å². The van der Waals surface area contributed by atoms with E-state index in [0.29, 0.717) is 18.4 Å². The van der Waals surface area contributed by atoms with Crippen LogP contribution in [-0.2, 0) is 0 Å². The van der Waals surface area contributed by atoms with E-state index in [1.54, 1.807) is 0 Å². The molecule has 0 aliphatic heterocycles. The average molecular weight is 334 g/mol. The van der Waals surface area contributed by atoms with Gasteiger partial charge in [0, 0.05) is 17.4 Å². The number of nitrogens with zero attached hydrogens (tertiary/aromatic N) is 2. The number of nitrogens with one attached hydrogen (secondary N) is 2. The number of hydrogen-bond acceptors (Lipinski definition) is 5. The molecule has 0 saturated heterocycles. The Balaban J connectivity index is 1.83. The minimum absolute atomic E-state index is 0.556. The van der Waals surface area contributed by atoms with E-state index in [2.05, 4.69) is 39.7 Å². The molecule has 2 aromatic carbocycles. The molecule has 0 spiro atoms. The van der Waals surface area contributed by atoms with E-state index in [-0.39, 0.29) is 0 Å². The zero-order valence-corrected chi connectivity index (χ0v) is 14.7. The third kappa shape index (κ3) is 4.47. The standard InChI is InChI=1S/C20H22N4O/c1-4-25-18-8-6-5-7-17(18)23-19-13-15(3)21-20(24-19)22-16-11-9-14(2)10-12-16/h5-13H,4H2,1-3H3,(H2,21,22,23,24). The summed E-state index contributed by atoms with van der Waals surface area (Å²) in [4.78, 5) is 9.02. The maximum Gasteiger partial charge on any atom is 0.229 e. The van der Waals surface area contributed by atoms with Crippen LogP contribution < -0.4 is 15.4 Å². The van der Waals surface area contributed by atoms with Crippen molar-refractivity contribution in [2.45, 2.75) is 20.8 Å². The summed E-state index contributed by atoms with van der Waals surface area (Å²) in [5.41, 5.74) is 3.92. The summed E-state index contributed by atoms with van der Waals surface area (Å²) in [7, 11) is 0. The molecule has 3 aromatic rings. The second-order valence-corrected chi connectivity index (χ2v) is 5.76. The summed E-state index contributed by atoms with van der Waals surface area (Å²) in [5, 5.41) is 6.56. The molecule has 0 aliphatic carbocycles. The molecule has 0 unspecified atom stereocenters. The van der Waals surface area contributed by atoms with Gasteiger partial charge in [-0.05, 0) is 45.0 Å². The molecular weight excluding hydrogens is 312 g/mol. The Bertz CT molecular complexity index is 847. The largest absolute Gasteiger partial charge is 0.492 e. The van der Waals surface area contributed by atoms with Crippen molar-refractivity contribution in [2.24, 2.45) is 0 Å². The second kappa shape index (κ2) is 7.66. The van der Waals surface area contributed by atoms with E-state index >= 15 is 0 Å². The molecule has 5 heteroatoms. The van der Waals surface area contributed by atoms with Gasteiger partial charge in [0.15, 0.2) is 0 Å². The lowest BCUT2D eigenvalue weighted by Gasteiger charge is -2.13. The first kappa shape index (κ1) is 16.8. The lowest BCUT2D eigenvalue weighted by molar-refractivity contribution is 0.342. The second-order valence-electron chi connectivity index (χ2n) is 5.76. The van der Waals surface area contributed by atoms with Crippen LogP contribution in [0.2, 0.25) is 0 Å². The maximum atomic E-state index is 5.65. The summed E-state index contributed by atoms with van der Waals surface area (Å²) < 4.78 is 5.65. The number of hydrogen-bond donors (Lipinski definition) is 2. The number of ether oxygens (including phenoxy) is 1. The zero-order chi connectivity index (χ0) is 17.6. The number of anilines is 4. The van der Waals surface area contributed by atoms with Gasteiger partial charge in [0.2, 0.25) is 5.95 Å². The Morgan fingerprint density at radius 1 is 0.920 bits per heavy atom. The predicted octanol–water partition coefficient (Wildman–Crippen LogP) is 4.98. The van der Waals surface area contributed by atoms with E-state index in [1.807, 2.05) is 56.3 Å². The van der Waals surface area contributed by atoms with Crippen LogP contribution >= 0.6 is 0 Å². The monoisotopic (exact) mass is 334 g/mol. The Hall–Kier alpha value is -3.08. The van der Waals surface area contributed by atoms with Crippen LogP contribution in [0.15, 0.2) is 54.6 Å². The molecule has 128 valence electrons. The summed E-state index contributed by atoms with van der Waals surface area (Å²) in [6.45, 7) is 6.59. The molecule has 0 atom stereocenters. The maximum absolute atomic E-state index is 5.65. The first-order valence-corrected chi connectivity index (χ1v) is 8.32. The van der Waals surface area contributed by atoms with E-state index in [0.717, 1.165) is 22.8 Å². The van der Waals surface area contributed by atoms with Gasteiger partial charge in [0.1, 0.15) is 11.6 Å². The van der Waals surface area contributed by atoms with E-state index < -0.39 is 0 Å². The van der Waals surface area contributed by atoms with Crippen LogP contribution in [0.1, 0.15) is 18.2 Å². The summed E-state index contributed by atoms with van der Waals surface area (Å²) in [5.74, 6) is 2.07. The van der Waals surface area contributed by atoms with Gasteiger partial charge < -0.3 is 15.4 Å². The average Bonchev–Trinajstić information content (AvgIpc) is 2.58. The molecule has 0 amide bonds. The molecule has 0 radical (unpaired) electrons. The minimum Gasteiger partial charge on any atom is -0.492 e. The number of benzene rings is 2. The summed E-state index contributed by atoms with van der Waals surface area (Å²) in [6.07, 6.45) is 0. The van der Waals surface area contributed by atoms with Gasteiger partial charge in [-0.15, -0.1) is 0 Å². The Labute approximate surface area is 148 Å². The van der Waals surface area contributed by atoms with Crippen molar-refractivity contribution >= 4 is 23.1 Å². The Kier molecular flexibility index (Phi) is 5.14. The lowest BCUT2D eigenvalue weighted by Crippen LogP contribution is -2.03. The van der Waals surface area contributed by atoms with Gasteiger partial charge >= 0.3 is 0 Å². The SMILES string of the molecule is CCOc1ccccc1Nc1cc(C)nc(Nc2ccc(C)cc2)n1. The van der Waals surface area contributed by atoms with Gasteiger partial charge in [0.05, 0.1) is 12.3 Å². The third-order valence-electron chi connectivity index (χ3n) is 3.61. The van der Waals surface area contributed by atoms with Crippen molar-refractivity contribution in [3.63, 3.8) is 0 Å². The summed E-state index contributed by atoms with van der Waals surface area (Å²) in [6, 6.07) is 17.8. The molecule has 5 nitrogen and oxygen atoms in total. The highest BCUT2D eigenvalue weighted by Crippen LogP contribution is 2.27. The van der Waals surface area contributed by atoms with Crippen LogP contribution in [0.5, 0.6) is 5.75 Å². The van der Waals surface area contributed by atoms with Crippen molar-refractivity contribution in [1.29, 1.82) is 0 Å². The highest BCUT2D eigenvalue weighted by Gasteiger charge is 2.07. The molecular formula is C20H22N4O. The number of aryl methyl sites for hydroxylation is 2. The van der Waals surface area contributed by atoms with Crippen molar-refractivity contribution in [3.05, 3.63) is 65.9 Å². The molecule has 1 heterocycles. The molecule has 1 aromatic heterocycles. The lowest BCUT2D eigenvalue weighted by atomic mass is 10.2. The van der Waals surface area contributed by atoms with Gasteiger partial charge in [-0.2, -0.15) is 4.98 Å². The van der Waals surface area contributed by atoms with Crippen LogP contribution in [0, 0.1) is 13.8 Å². The third-order valence-corrected chi connectivity index (χ3v) is 3.61. The van der Waals surface area contributed by atoms with Gasteiger partial charge in [0.25, 0.3) is 0 Å². The van der Waals surface area contributed by atoms with E-state index in [1.165, 1.54) is 5.56 Å². The van der Waals surface area contributed by atoms with Crippen molar-refractivity contribution < 1.29 is 4.74 Å². The molecule has 0 fully saturated rings. The summed E-state index contributed by atoms with van der Waals surface area (Å²) >= 11 is 0. The van der Waals surface area contributed by atoms with Gasteiger partial charge in [-0.1, -0.05) is 29.8 Å². The normalized spacial score (nSPS) is 10.4. The fourth-order valence-electron chi connectivity index (χ4n) is 2.44. The predicted molar refractivity (Wildman–Crippen MR) is 102 cm³/mol. The quantitative estimate of drug-likeness (QED) is 0.666. The van der Waals surface area contributed by atoms with E-state index in [9.17, 15) is 0 Å². The molecule has 25 heavy (non-hydrogen) atoms. The Morgan fingerprint density at radius 3 is 2.44 bits per heavy atom. The Morgan fingerprint density at radius 2 is 1.68 bits per heavy atom. The first-order chi connectivity index (χ1) is 12.1. The molecule has 0 bridgehead atoms. The number of rotatable bonds is 6. The highest BCUT2D eigenvalue weighted by molar-refractivity contribution is 5.65. The van der Waals surface area contributed by atoms with E-state index in [4.69, 9.17) is 4.74 Å². The van der Waals surface area contributed by atoms with Crippen molar-refractivity contribution in [1.82, 2.24) is 9.97 Å². The van der Waals surface area contributed by atoms with Crippen molar-refractivity contribution in [3.8, 4) is 5.75 Å². The minimum atomic E-state index is 0.556. The fraction of sp³-hybridized carbons (Fsp3) is 0.200. The number of aromatic nitrogens is 2. The van der Waals surface area contributed by atoms with Gasteiger partial charge in [-0.3, -0.25) is 0 Å². The molecule has 2 N–H and O–H groups in total. The van der Waals surface area contributed by atoms with Crippen LogP contribution in [0.25, 0.3) is 0 Å². The molecule has 0 aliphatic rings. The van der Waals surface area contributed by atoms with Crippen molar-refractivity contribution in [2.75, 3.05) is 17.2 Å². The van der Waals surface area contributed by atoms with Crippen LogP contribution in [0.3, 0.4) is 0 Å². The fourth-order valence-corrected chi connectivity index (χ4v) is 2.44. The molecule has 3 rings (SSSR count). The smallest absolute Gasteiger partial charge is 0.229 e. The van der Waals surface area contributed by atoms with Crippen LogP contribution in [0.4, 0.5) is 23.1 Å². The highest BCUT2D eigenvalue weighted by atomic mass is 16.5. The first-order valence-electron chi connectivity index (χ1n) is 8.32. The van der Waals surface area contributed by atoms with Crippen LogP contribution in [-0.4, -0.2) is 16.6 Å². The zero-order valence-electron chi connectivity index (χ0n) is 14.7. The number of para-hydroxylation sites is 2.